The van der Waals surface area contributed by atoms with Gasteiger partial charge in [0, 0.05) is 28.0 Å². The number of aryl methyl sites for hydroxylation is 2. The maximum absolute atomic E-state index is 12.1. The van der Waals surface area contributed by atoms with Crippen molar-refractivity contribution >= 4 is 28.3 Å². The molecule has 5 nitrogen and oxygen atoms in total. The van der Waals surface area contributed by atoms with Crippen LogP contribution in [0.2, 0.25) is 0 Å². The van der Waals surface area contributed by atoms with Gasteiger partial charge in [0.05, 0.1) is 0 Å². The molecular weight excluding hydrogens is 328 g/mol. The van der Waals surface area contributed by atoms with Crippen LogP contribution in [0.1, 0.15) is 32.6 Å². The number of aromatic hydroxyl groups is 1. The Balaban J connectivity index is 1.93. The van der Waals surface area contributed by atoms with Crippen LogP contribution < -0.4 is 5.63 Å². The molecule has 2 aromatic heterocycles. The molecule has 0 amide bonds. The summed E-state index contributed by atoms with van der Waals surface area (Å²) in [5, 5.41) is 10.6. The molecule has 0 atom stereocenters. The zero-order chi connectivity index (χ0) is 17.3. The Morgan fingerprint density at radius 2 is 2.04 bits per heavy atom. The van der Waals surface area contributed by atoms with Crippen molar-refractivity contribution in [2.45, 2.75) is 26.9 Å². The van der Waals surface area contributed by atoms with Gasteiger partial charge in [-0.2, -0.15) is 0 Å². The molecule has 124 valence electrons. The molecule has 2 heterocycles. The third kappa shape index (κ3) is 3.19. The highest BCUT2D eigenvalue weighted by Crippen LogP contribution is 2.27. The molecule has 0 radical (unpaired) electrons. The average Bonchev–Trinajstić information content (AvgIpc) is 2.98. The van der Waals surface area contributed by atoms with E-state index in [0.717, 1.165) is 10.4 Å². The highest BCUT2D eigenvalue weighted by Gasteiger charge is 2.14. The standard InChI is InChI=1S/C18H16O5S/c1-3-11-6-13-12(7-17(20)23-15(13)8-14(11)19)9-22-18(21)16-5-4-10(2)24-16/h4-8,19H,3,9H2,1-2H3. The number of fused-ring (bicyclic) bond motifs is 1. The molecular formula is C18H16O5S. The first-order chi connectivity index (χ1) is 11.5. The van der Waals surface area contributed by atoms with Gasteiger partial charge < -0.3 is 14.3 Å². The van der Waals surface area contributed by atoms with Gasteiger partial charge in [0.25, 0.3) is 0 Å². The molecule has 0 aliphatic carbocycles. The molecule has 0 saturated carbocycles. The third-order valence-electron chi connectivity index (χ3n) is 3.71. The molecule has 6 heteroatoms. The van der Waals surface area contributed by atoms with Gasteiger partial charge in [-0.15, -0.1) is 11.3 Å². The summed E-state index contributed by atoms with van der Waals surface area (Å²) in [6.45, 7) is 3.79. The molecule has 0 fully saturated rings. The second-order valence-electron chi connectivity index (χ2n) is 5.41. The van der Waals surface area contributed by atoms with Crippen LogP contribution >= 0.6 is 11.3 Å². The second kappa shape index (κ2) is 6.49. The highest BCUT2D eigenvalue weighted by atomic mass is 32.1. The van der Waals surface area contributed by atoms with E-state index in [1.807, 2.05) is 19.9 Å². The van der Waals surface area contributed by atoms with E-state index in [-0.39, 0.29) is 17.9 Å². The predicted molar refractivity (Wildman–Crippen MR) is 91.7 cm³/mol. The lowest BCUT2D eigenvalue weighted by Crippen LogP contribution is -2.07. The molecule has 3 rings (SSSR count). The molecule has 0 aliphatic rings. The first-order valence-corrected chi connectivity index (χ1v) is 8.31. The van der Waals surface area contributed by atoms with Gasteiger partial charge in [0.15, 0.2) is 0 Å². The number of hydrogen-bond acceptors (Lipinski definition) is 6. The summed E-state index contributed by atoms with van der Waals surface area (Å²) in [4.78, 5) is 25.3. The second-order valence-corrected chi connectivity index (χ2v) is 6.70. The van der Waals surface area contributed by atoms with E-state index in [2.05, 4.69) is 0 Å². The molecule has 24 heavy (non-hydrogen) atoms. The molecule has 1 N–H and O–H groups in total. The van der Waals surface area contributed by atoms with E-state index in [9.17, 15) is 14.7 Å². The minimum atomic E-state index is -0.552. The number of carbonyl (C=O) groups is 1. The van der Waals surface area contributed by atoms with Crippen LogP contribution in [-0.4, -0.2) is 11.1 Å². The topological polar surface area (TPSA) is 76.7 Å². The van der Waals surface area contributed by atoms with E-state index in [0.29, 0.717) is 22.2 Å². The van der Waals surface area contributed by atoms with Crippen LogP contribution in [0.3, 0.4) is 0 Å². The number of thiophene rings is 1. The third-order valence-corrected chi connectivity index (χ3v) is 4.69. The number of carbonyl (C=O) groups excluding carboxylic acids is 1. The summed E-state index contributed by atoms with van der Waals surface area (Å²) >= 11 is 1.36. The van der Waals surface area contributed by atoms with Crippen LogP contribution in [-0.2, 0) is 17.8 Å². The number of hydrogen-bond donors (Lipinski definition) is 1. The van der Waals surface area contributed by atoms with Gasteiger partial charge in [0.2, 0.25) is 0 Å². The maximum atomic E-state index is 12.1. The van der Waals surface area contributed by atoms with E-state index in [1.165, 1.54) is 23.5 Å². The Hall–Kier alpha value is -2.60. The van der Waals surface area contributed by atoms with Crippen molar-refractivity contribution in [1.82, 2.24) is 0 Å². The average molecular weight is 344 g/mol. The van der Waals surface area contributed by atoms with Crippen molar-refractivity contribution in [1.29, 1.82) is 0 Å². The van der Waals surface area contributed by atoms with Gasteiger partial charge in [-0.05, 0) is 37.1 Å². The lowest BCUT2D eigenvalue weighted by Gasteiger charge is -2.09. The Labute approximate surface area is 142 Å². The normalized spacial score (nSPS) is 10.9. The molecule has 0 unspecified atom stereocenters. The minimum absolute atomic E-state index is 0.0359. The van der Waals surface area contributed by atoms with E-state index in [4.69, 9.17) is 9.15 Å². The van der Waals surface area contributed by atoms with Gasteiger partial charge in [0.1, 0.15) is 22.8 Å². The van der Waals surface area contributed by atoms with Crippen molar-refractivity contribution in [3.8, 4) is 5.75 Å². The number of rotatable bonds is 4. The summed E-state index contributed by atoms with van der Waals surface area (Å²) in [6.07, 6.45) is 0.634. The van der Waals surface area contributed by atoms with Gasteiger partial charge in [-0.3, -0.25) is 0 Å². The Morgan fingerprint density at radius 3 is 2.71 bits per heavy atom. The minimum Gasteiger partial charge on any atom is -0.508 e. The quantitative estimate of drug-likeness (QED) is 0.575. The SMILES string of the molecule is CCc1cc2c(COC(=O)c3ccc(C)s3)cc(=O)oc2cc1O. The number of phenols is 1. The summed E-state index contributed by atoms with van der Waals surface area (Å²) < 4.78 is 10.4. The Kier molecular flexibility index (Phi) is 4.40. The van der Waals surface area contributed by atoms with Crippen LogP contribution in [0.4, 0.5) is 0 Å². The predicted octanol–water partition coefficient (Wildman–Crippen LogP) is 3.79. The first kappa shape index (κ1) is 16.3. The van der Waals surface area contributed by atoms with Gasteiger partial charge >= 0.3 is 11.6 Å². The fraction of sp³-hybridized carbons (Fsp3) is 0.222. The molecule has 1 aromatic carbocycles. The Morgan fingerprint density at radius 1 is 1.25 bits per heavy atom. The fourth-order valence-electron chi connectivity index (χ4n) is 2.47. The monoisotopic (exact) mass is 344 g/mol. The maximum Gasteiger partial charge on any atom is 0.348 e. The molecule has 0 spiro atoms. The summed E-state index contributed by atoms with van der Waals surface area (Å²) in [5.74, 6) is -0.347. The molecule has 0 aliphatic heterocycles. The van der Waals surface area contributed by atoms with E-state index in [1.54, 1.807) is 12.1 Å². The van der Waals surface area contributed by atoms with Crippen molar-refractivity contribution in [2.24, 2.45) is 0 Å². The largest absolute Gasteiger partial charge is 0.508 e. The van der Waals surface area contributed by atoms with Crippen LogP contribution in [0, 0.1) is 6.92 Å². The summed E-state index contributed by atoms with van der Waals surface area (Å²) in [5.41, 5.74) is 1.01. The zero-order valence-corrected chi connectivity index (χ0v) is 14.1. The summed E-state index contributed by atoms with van der Waals surface area (Å²) in [6, 6.07) is 8.05. The lowest BCUT2D eigenvalue weighted by molar-refractivity contribution is 0.0479. The molecule has 0 bridgehead atoms. The number of ether oxygens (including phenoxy) is 1. The lowest BCUT2D eigenvalue weighted by atomic mass is 10.0. The van der Waals surface area contributed by atoms with E-state index < -0.39 is 11.6 Å². The van der Waals surface area contributed by atoms with Crippen molar-refractivity contribution in [2.75, 3.05) is 0 Å². The Bertz CT molecular complexity index is 967. The van der Waals surface area contributed by atoms with Crippen molar-refractivity contribution in [3.63, 3.8) is 0 Å². The highest BCUT2D eigenvalue weighted by molar-refractivity contribution is 7.13. The summed E-state index contributed by atoms with van der Waals surface area (Å²) in [7, 11) is 0. The number of phenolic OH excluding ortho intramolecular Hbond substituents is 1. The van der Waals surface area contributed by atoms with Crippen molar-refractivity contribution in [3.05, 3.63) is 61.6 Å². The van der Waals surface area contributed by atoms with Crippen LogP contribution in [0.15, 0.2) is 39.5 Å². The zero-order valence-electron chi connectivity index (χ0n) is 13.3. The van der Waals surface area contributed by atoms with Crippen LogP contribution in [0.5, 0.6) is 5.75 Å². The van der Waals surface area contributed by atoms with Gasteiger partial charge in [-0.1, -0.05) is 6.92 Å². The van der Waals surface area contributed by atoms with Crippen molar-refractivity contribution < 1.29 is 19.1 Å². The fourth-order valence-corrected chi connectivity index (χ4v) is 3.23. The number of esters is 1. The van der Waals surface area contributed by atoms with Gasteiger partial charge in [-0.25, -0.2) is 9.59 Å². The number of benzene rings is 1. The molecule has 0 saturated heterocycles. The smallest absolute Gasteiger partial charge is 0.348 e. The van der Waals surface area contributed by atoms with E-state index >= 15 is 0 Å². The van der Waals surface area contributed by atoms with Crippen LogP contribution in [0.25, 0.3) is 11.0 Å². The first-order valence-electron chi connectivity index (χ1n) is 7.50. The molecule has 3 aromatic rings.